The average Bonchev–Trinajstić information content (AvgIpc) is 2.69. The Morgan fingerprint density at radius 2 is 1.78 bits per heavy atom. The molecule has 1 fully saturated rings. The number of carbonyl (C=O) groups excluding carboxylic acids is 1. The highest BCUT2D eigenvalue weighted by Gasteiger charge is 2.21. The number of rotatable bonds is 7. The molecular formula is C22H27ClN2O2. The lowest BCUT2D eigenvalue weighted by molar-refractivity contribution is -0.121. The summed E-state index contributed by atoms with van der Waals surface area (Å²) in [5, 5.41) is 13.3. The van der Waals surface area contributed by atoms with E-state index in [0.717, 1.165) is 43.6 Å². The van der Waals surface area contributed by atoms with E-state index >= 15 is 0 Å². The Bertz CT molecular complexity index is 730. The van der Waals surface area contributed by atoms with Crippen molar-refractivity contribution in [1.29, 1.82) is 0 Å². The normalized spacial score (nSPS) is 16.8. The molecule has 3 rings (SSSR count). The van der Waals surface area contributed by atoms with Crippen LogP contribution in [0.5, 0.6) is 0 Å². The van der Waals surface area contributed by atoms with Gasteiger partial charge >= 0.3 is 0 Å². The summed E-state index contributed by atoms with van der Waals surface area (Å²) in [6.07, 6.45) is 1.83. The van der Waals surface area contributed by atoms with Crippen molar-refractivity contribution in [3.05, 3.63) is 70.7 Å². The molecule has 2 aromatic carbocycles. The van der Waals surface area contributed by atoms with E-state index < -0.39 is 0 Å². The first-order valence-electron chi connectivity index (χ1n) is 9.60. The Balaban J connectivity index is 1.59. The van der Waals surface area contributed by atoms with Crippen LogP contribution in [-0.2, 0) is 4.79 Å². The number of hydrogen-bond acceptors (Lipinski definition) is 3. The molecule has 0 saturated carbocycles. The molecule has 4 nitrogen and oxygen atoms in total. The van der Waals surface area contributed by atoms with Crippen LogP contribution in [0.1, 0.15) is 36.3 Å². The van der Waals surface area contributed by atoms with Crippen LogP contribution in [0.2, 0.25) is 5.02 Å². The minimum Gasteiger partial charge on any atom is -0.393 e. The molecule has 1 saturated heterocycles. The third-order valence-electron chi connectivity index (χ3n) is 5.18. The minimum absolute atomic E-state index is 0.0285. The number of piperidine rings is 1. The van der Waals surface area contributed by atoms with Crippen LogP contribution in [0.4, 0.5) is 0 Å². The van der Waals surface area contributed by atoms with Gasteiger partial charge in [-0.1, -0.05) is 60.1 Å². The first kappa shape index (κ1) is 19.9. The van der Waals surface area contributed by atoms with E-state index in [0.29, 0.717) is 18.0 Å². The molecule has 144 valence electrons. The van der Waals surface area contributed by atoms with E-state index in [1.165, 1.54) is 0 Å². The van der Waals surface area contributed by atoms with Gasteiger partial charge in [0.25, 0.3) is 0 Å². The van der Waals surface area contributed by atoms with Crippen molar-refractivity contribution in [2.75, 3.05) is 26.2 Å². The average molecular weight is 387 g/mol. The lowest BCUT2D eigenvalue weighted by atomic mass is 9.88. The molecule has 1 amide bonds. The molecule has 1 aliphatic heterocycles. The van der Waals surface area contributed by atoms with Gasteiger partial charge in [0.2, 0.25) is 5.91 Å². The zero-order valence-corrected chi connectivity index (χ0v) is 16.2. The van der Waals surface area contributed by atoms with Gasteiger partial charge in [-0.25, -0.2) is 0 Å². The molecule has 2 aromatic rings. The van der Waals surface area contributed by atoms with Crippen LogP contribution >= 0.6 is 11.6 Å². The maximum atomic E-state index is 12.6. The molecule has 1 atom stereocenters. The number of aliphatic hydroxyl groups is 1. The Morgan fingerprint density at radius 1 is 1.11 bits per heavy atom. The minimum atomic E-state index is -0.168. The van der Waals surface area contributed by atoms with Gasteiger partial charge in [0, 0.05) is 43.5 Å². The molecule has 0 spiro atoms. The number of amides is 1. The lowest BCUT2D eigenvalue weighted by Gasteiger charge is -2.29. The second kappa shape index (κ2) is 9.88. The second-order valence-electron chi connectivity index (χ2n) is 7.11. The van der Waals surface area contributed by atoms with E-state index in [2.05, 4.69) is 10.2 Å². The zero-order chi connectivity index (χ0) is 19.1. The van der Waals surface area contributed by atoms with Crippen molar-refractivity contribution in [2.24, 2.45) is 0 Å². The van der Waals surface area contributed by atoms with E-state index in [4.69, 9.17) is 11.6 Å². The number of nitrogens with zero attached hydrogens (tertiary/aromatic N) is 1. The summed E-state index contributed by atoms with van der Waals surface area (Å²) in [4.78, 5) is 14.9. The number of halogens is 1. The topological polar surface area (TPSA) is 52.6 Å². The number of likely N-dealkylation sites (tertiary alicyclic amines) is 1. The van der Waals surface area contributed by atoms with Crippen molar-refractivity contribution in [3.8, 4) is 0 Å². The molecule has 0 bridgehead atoms. The molecule has 2 N–H and O–H groups in total. The molecule has 0 unspecified atom stereocenters. The van der Waals surface area contributed by atoms with E-state index in [1.807, 2.05) is 54.6 Å². The van der Waals surface area contributed by atoms with E-state index in [1.54, 1.807) is 0 Å². The first-order valence-corrected chi connectivity index (χ1v) is 9.98. The highest BCUT2D eigenvalue weighted by atomic mass is 35.5. The molecule has 1 aliphatic rings. The van der Waals surface area contributed by atoms with Gasteiger partial charge < -0.3 is 15.3 Å². The van der Waals surface area contributed by atoms with Gasteiger partial charge in [-0.2, -0.15) is 0 Å². The number of hydrogen-bond donors (Lipinski definition) is 2. The first-order chi connectivity index (χ1) is 13.1. The van der Waals surface area contributed by atoms with Crippen molar-refractivity contribution in [2.45, 2.75) is 31.3 Å². The smallest absolute Gasteiger partial charge is 0.220 e. The highest BCUT2D eigenvalue weighted by Crippen LogP contribution is 2.32. The van der Waals surface area contributed by atoms with E-state index in [-0.39, 0.29) is 17.9 Å². The number of benzene rings is 2. The van der Waals surface area contributed by atoms with Crippen LogP contribution in [0.25, 0.3) is 0 Å². The predicted octanol–water partition coefficient (Wildman–Crippen LogP) is 3.43. The van der Waals surface area contributed by atoms with Gasteiger partial charge in [-0.15, -0.1) is 0 Å². The van der Waals surface area contributed by atoms with Crippen molar-refractivity contribution >= 4 is 17.5 Å². The monoisotopic (exact) mass is 386 g/mol. The van der Waals surface area contributed by atoms with E-state index in [9.17, 15) is 9.90 Å². The Labute approximate surface area is 166 Å². The lowest BCUT2D eigenvalue weighted by Crippen LogP contribution is -2.41. The van der Waals surface area contributed by atoms with Crippen LogP contribution in [0.15, 0.2) is 54.6 Å². The fourth-order valence-corrected chi connectivity index (χ4v) is 3.87. The molecule has 0 aliphatic carbocycles. The van der Waals surface area contributed by atoms with Gasteiger partial charge in [0.05, 0.1) is 6.10 Å². The summed E-state index contributed by atoms with van der Waals surface area (Å²) in [5.74, 6) is -0.0362. The Morgan fingerprint density at radius 3 is 2.48 bits per heavy atom. The molecule has 5 heteroatoms. The largest absolute Gasteiger partial charge is 0.393 e. The fourth-order valence-electron chi connectivity index (χ4n) is 3.60. The maximum Gasteiger partial charge on any atom is 0.220 e. The van der Waals surface area contributed by atoms with Crippen molar-refractivity contribution in [1.82, 2.24) is 10.2 Å². The fraction of sp³-hybridized carbons (Fsp3) is 0.409. The molecule has 1 heterocycles. The highest BCUT2D eigenvalue weighted by molar-refractivity contribution is 6.31. The predicted molar refractivity (Wildman–Crippen MR) is 109 cm³/mol. The summed E-state index contributed by atoms with van der Waals surface area (Å²) in [5.41, 5.74) is 2.07. The number of carbonyl (C=O) groups is 1. The van der Waals surface area contributed by atoms with Crippen LogP contribution in [0, 0.1) is 0 Å². The van der Waals surface area contributed by atoms with Crippen molar-refractivity contribution < 1.29 is 9.90 Å². The zero-order valence-electron chi connectivity index (χ0n) is 15.5. The Hall–Kier alpha value is -1.88. The second-order valence-corrected chi connectivity index (χ2v) is 7.52. The molecule has 0 aromatic heterocycles. The number of aliphatic hydroxyl groups excluding tert-OH is 1. The van der Waals surface area contributed by atoms with Gasteiger partial charge in [-0.05, 0) is 30.0 Å². The maximum absolute atomic E-state index is 12.6. The summed E-state index contributed by atoms with van der Waals surface area (Å²) >= 11 is 6.41. The van der Waals surface area contributed by atoms with Crippen molar-refractivity contribution in [3.63, 3.8) is 0 Å². The summed E-state index contributed by atoms with van der Waals surface area (Å²) in [6.45, 7) is 3.23. The summed E-state index contributed by atoms with van der Waals surface area (Å²) < 4.78 is 0. The SMILES string of the molecule is O=C(C[C@@H](c1ccccc1)c1ccccc1Cl)NCCN1CCC(O)CC1. The Kier molecular flexibility index (Phi) is 7.27. The summed E-state index contributed by atoms with van der Waals surface area (Å²) in [7, 11) is 0. The number of nitrogens with one attached hydrogen (secondary N) is 1. The van der Waals surface area contributed by atoms with Gasteiger partial charge in [0.15, 0.2) is 0 Å². The van der Waals surface area contributed by atoms with Crippen LogP contribution < -0.4 is 5.32 Å². The quantitative estimate of drug-likeness (QED) is 0.766. The standard InChI is InChI=1S/C22H27ClN2O2/c23-21-9-5-4-8-19(21)20(17-6-2-1-3-7-17)16-22(27)24-12-15-25-13-10-18(26)11-14-25/h1-9,18,20,26H,10-16H2,(H,24,27)/t20-/m0/s1. The third-order valence-corrected chi connectivity index (χ3v) is 5.52. The molecular weight excluding hydrogens is 360 g/mol. The summed E-state index contributed by atoms with van der Waals surface area (Å²) in [6, 6.07) is 17.8. The van der Waals surface area contributed by atoms with Gasteiger partial charge in [-0.3, -0.25) is 4.79 Å². The van der Waals surface area contributed by atoms with Gasteiger partial charge in [0.1, 0.15) is 0 Å². The van der Waals surface area contributed by atoms with Crippen LogP contribution in [-0.4, -0.2) is 48.2 Å². The van der Waals surface area contributed by atoms with Crippen LogP contribution in [0.3, 0.4) is 0 Å². The molecule has 0 radical (unpaired) electrons. The third kappa shape index (κ3) is 5.80. The molecule has 27 heavy (non-hydrogen) atoms.